The number of fused-ring (bicyclic) bond motifs is 3. The number of hydrogen-bond donors (Lipinski definition) is 2. The van der Waals surface area contributed by atoms with E-state index in [0.717, 1.165) is 61.1 Å². The van der Waals surface area contributed by atoms with Crippen LogP contribution in [0.4, 0.5) is 11.6 Å². The molecule has 3 aliphatic rings. The largest absolute Gasteiger partial charge is 0.489 e. The quantitative estimate of drug-likeness (QED) is 0.519. The Morgan fingerprint density at radius 2 is 2.00 bits per heavy atom. The highest BCUT2D eigenvalue weighted by molar-refractivity contribution is 6.05. The first-order valence-electron chi connectivity index (χ1n) is 12.9. The SMILES string of the molecule is C=CC(=O)N1CCCCC(n2c(NC(=O)c3cc[nH]c(=O)c3)nc3ccc4c(c32)N(C2CC2)CCO4)C1. The summed E-state index contributed by atoms with van der Waals surface area (Å²) in [6.07, 6.45) is 7.74. The summed E-state index contributed by atoms with van der Waals surface area (Å²) in [5.74, 6) is 0.690. The molecule has 2 aromatic heterocycles. The van der Waals surface area contributed by atoms with Crippen LogP contribution < -0.4 is 20.5 Å². The third-order valence-electron chi connectivity index (χ3n) is 7.41. The highest BCUT2D eigenvalue weighted by atomic mass is 16.5. The van der Waals surface area contributed by atoms with Crippen LogP contribution in [0.5, 0.6) is 5.75 Å². The zero-order valence-corrected chi connectivity index (χ0v) is 20.6. The molecule has 192 valence electrons. The Morgan fingerprint density at radius 1 is 1.14 bits per heavy atom. The van der Waals surface area contributed by atoms with Gasteiger partial charge in [-0.05, 0) is 56.4 Å². The zero-order chi connectivity index (χ0) is 25.5. The number of rotatable bonds is 5. The Bertz CT molecular complexity index is 1440. The van der Waals surface area contributed by atoms with E-state index in [2.05, 4.69) is 26.3 Å². The van der Waals surface area contributed by atoms with Crippen LogP contribution in [0.15, 0.2) is 47.9 Å². The second-order valence-corrected chi connectivity index (χ2v) is 9.89. The van der Waals surface area contributed by atoms with Crippen molar-refractivity contribution in [3.05, 3.63) is 59.0 Å². The zero-order valence-electron chi connectivity index (χ0n) is 20.6. The van der Waals surface area contributed by atoms with Gasteiger partial charge < -0.3 is 24.1 Å². The van der Waals surface area contributed by atoms with Gasteiger partial charge in [-0.3, -0.25) is 19.7 Å². The van der Waals surface area contributed by atoms with Gasteiger partial charge in [0.25, 0.3) is 5.91 Å². The van der Waals surface area contributed by atoms with E-state index in [1.807, 2.05) is 17.0 Å². The van der Waals surface area contributed by atoms with Crippen molar-refractivity contribution in [1.82, 2.24) is 19.4 Å². The molecule has 2 N–H and O–H groups in total. The van der Waals surface area contributed by atoms with Crippen LogP contribution in [-0.2, 0) is 4.79 Å². The van der Waals surface area contributed by atoms with Crippen LogP contribution in [0.3, 0.4) is 0 Å². The molecule has 1 aliphatic carbocycles. The predicted molar refractivity (Wildman–Crippen MR) is 140 cm³/mol. The van der Waals surface area contributed by atoms with E-state index in [4.69, 9.17) is 9.72 Å². The Morgan fingerprint density at radius 3 is 2.78 bits per heavy atom. The lowest BCUT2D eigenvalue weighted by Gasteiger charge is -2.33. The van der Waals surface area contributed by atoms with Crippen molar-refractivity contribution in [2.45, 2.75) is 44.2 Å². The molecular formula is C27H30N6O4. The molecule has 0 spiro atoms. The maximum Gasteiger partial charge on any atom is 0.258 e. The lowest BCUT2D eigenvalue weighted by atomic mass is 10.1. The Hall–Kier alpha value is -4.08. The van der Waals surface area contributed by atoms with Gasteiger partial charge in [-0.2, -0.15) is 0 Å². The van der Waals surface area contributed by atoms with Gasteiger partial charge in [0.1, 0.15) is 18.0 Å². The smallest absolute Gasteiger partial charge is 0.258 e. The first-order chi connectivity index (χ1) is 18.0. The number of amides is 2. The summed E-state index contributed by atoms with van der Waals surface area (Å²) in [7, 11) is 0. The van der Waals surface area contributed by atoms with Gasteiger partial charge in [-0.25, -0.2) is 4.98 Å². The average Bonchev–Trinajstić information content (AvgIpc) is 3.72. The summed E-state index contributed by atoms with van der Waals surface area (Å²) in [5.41, 5.74) is 2.55. The number of pyridine rings is 1. The average molecular weight is 503 g/mol. The van der Waals surface area contributed by atoms with Crippen molar-refractivity contribution in [2.75, 3.05) is 36.5 Å². The predicted octanol–water partition coefficient (Wildman–Crippen LogP) is 3.08. The molecule has 1 atom stereocenters. The number of carbonyl (C=O) groups excluding carboxylic acids is 2. The fourth-order valence-electron chi connectivity index (χ4n) is 5.53. The number of carbonyl (C=O) groups is 2. The van der Waals surface area contributed by atoms with Crippen LogP contribution in [0.25, 0.3) is 11.0 Å². The molecule has 6 rings (SSSR count). The normalized spacial score (nSPS) is 19.6. The van der Waals surface area contributed by atoms with Gasteiger partial charge in [0, 0.05) is 37.0 Å². The molecule has 1 saturated heterocycles. The van der Waals surface area contributed by atoms with E-state index >= 15 is 0 Å². The van der Waals surface area contributed by atoms with Crippen molar-refractivity contribution in [3.63, 3.8) is 0 Å². The summed E-state index contributed by atoms with van der Waals surface area (Å²) >= 11 is 0. The molecule has 1 saturated carbocycles. The van der Waals surface area contributed by atoms with Crippen LogP contribution in [0.2, 0.25) is 0 Å². The minimum atomic E-state index is -0.417. The molecule has 10 nitrogen and oxygen atoms in total. The molecule has 1 unspecified atom stereocenters. The molecule has 37 heavy (non-hydrogen) atoms. The van der Waals surface area contributed by atoms with E-state index in [9.17, 15) is 14.4 Å². The number of hydrogen-bond acceptors (Lipinski definition) is 6. The van der Waals surface area contributed by atoms with E-state index in [1.165, 1.54) is 18.3 Å². The summed E-state index contributed by atoms with van der Waals surface area (Å²) in [5, 5.41) is 2.96. The molecule has 1 aromatic carbocycles. The third-order valence-corrected chi connectivity index (χ3v) is 7.41. The Balaban J connectivity index is 1.50. The number of nitrogens with zero attached hydrogens (tertiary/aromatic N) is 4. The Kier molecular flexibility index (Phi) is 5.94. The summed E-state index contributed by atoms with van der Waals surface area (Å²) in [6, 6.07) is 7.06. The molecule has 10 heteroatoms. The van der Waals surface area contributed by atoms with Gasteiger partial charge in [0.2, 0.25) is 17.4 Å². The molecule has 4 heterocycles. The van der Waals surface area contributed by atoms with Gasteiger partial charge in [-0.15, -0.1) is 0 Å². The maximum atomic E-state index is 13.2. The summed E-state index contributed by atoms with van der Waals surface area (Å²) < 4.78 is 8.15. The van der Waals surface area contributed by atoms with Crippen molar-refractivity contribution in [3.8, 4) is 5.75 Å². The standard InChI is InChI=1S/C27H30N6O4/c1-2-23(35)31-12-4-3-5-19(16-31)33-24-20(8-9-21-25(24)32(13-14-37-21)18-6-7-18)29-27(33)30-26(36)17-10-11-28-22(34)15-17/h2,8-11,15,18-19H,1,3-7,12-14,16H2,(H,28,34)(H,29,30,36). The second-order valence-electron chi connectivity index (χ2n) is 9.89. The molecule has 2 fully saturated rings. The van der Waals surface area contributed by atoms with E-state index in [1.54, 1.807) is 6.07 Å². The summed E-state index contributed by atoms with van der Waals surface area (Å²) in [6.45, 7) is 6.25. The van der Waals surface area contributed by atoms with E-state index in [-0.39, 0.29) is 23.1 Å². The van der Waals surface area contributed by atoms with Crippen molar-refractivity contribution >= 4 is 34.5 Å². The van der Waals surface area contributed by atoms with Crippen molar-refractivity contribution < 1.29 is 14.3 Å². The topological polar surface area (TPSA) is 113 Å². The molecule has 2 aliphatic heterocycles. The molecule has 0 radical (unpaired) electrons. The lowest BCUT2D eigenvalue weighted by molar-refractivity contribution is -0.126. The highest BCUT2D eigenvalue weighted by Crippen LogP contribution is 2.46. The molecule has 0 bridgehead atoms. The van der Waals surface area contributed by atoms with Gasteiger partial charge in [0.15, 0.2) is 0 Å². The fourth-order valence-corrected chi connectivity index (χ4v) is 5.53. The minimum absolute atomic E-state index is 0.101. The van der Waals surface area contributed by atoms with Crippen molar-refractivity contribution in [2.24, 2.45) is 0 Å². The number of ether oxygens (including phenoxy) is 1. The lowest BCUT2D eigenvalue weighted by Crippen LogP contribution is -2.36. The van der Waals surface area contributed by atoms with Gasteiger partial charge in [0.05, 0.1) is 23.6 Å². The number of anilines is 2. The molecular weight excluding hydrogens is 472 g/mol. The number of aromatic nitrogens is 3. The number of benzene rings is 1. The monoisotopic (exact) mass is 502 g/mol. The number of nitrogens with one attached hydrogen (secondary N) is 2. The van der Waals surface area contributed by atoms with Crippen molar-refractivity contribution in [1.29, 1.82) is 0 Å². The molecule has 2 amide bonds. The van der Waals surface area contributed by atoms with Crippen LogP contribution in [0.1, 0.15) is 48.5 Å². The Labute approximate surface area is 213 Å². The van der Waals surface area contributed by atoms with Crippen LogP contribution >= 0.6 is 0 Å². The first kappa shape index (κ1) is 23.3. The third kappa shape index (κ3) is 4.36. The van der Waals surface area contributed by atoms with Gasteiger partial charge in [-0.1, -0.05) is 6.58 Å². The molecule has 3 aromatic rings. The highest BCUT2D eigenvalue weighted by Gasteiger charge is 2.37. The number of aromatic amines is 1. The van der Waals surface area contributed by atoms with Gasteiger partial charge >= 0.3 is 0 Å². The number of likely N-dealkylation sites (tertiary alicyclic amines) is 1. The number of H-pyrrole nitrogens is 1. The maximum absolute atomic E-state index is 13.2. The fraction of sp³-hybridized carbons (Fsp3) is 0.407. The van der Waals surface area contributed by atoms with E-state index < -0.39 is 5.91 Å². The van der Waals surface area contributed by atoms with Crippen LogP contribution in [-0.4, -0.2) is 63.5 Å². The van der Waals surface area contributed by atoms with Crippen LogP contribution in [0, 0.1) is 0 Å². The number of imidazole rings is 1. The van der Waals surface area contributed by atoms with E-state index in [0.29, 0.717) is 31.7 Å². The second kappa shape index (κ2) is 9.42. The summed E-state index contributed by atoms with van der Waals surface area (Å²) in [4.78, 5) is 49.3. The first-order valence-corrected chi connectivity index (χ1v) is 12.9. The minimum Gasteiger partial charge on any atom is -0.489 e.